The van der Waals surface area contributed by atoms with Gasteiger partial charge in [-0.1, -0.05) is 35.9 Å². The largest absolute Gasteiger partial charge is 0.349 e. The zero-order chi connectivity index (χ0) is 19.4. The minimum absolute atomic E-state index is 0.0828. The lowest BCUT2D eigenvalue weighted by atomic mass is 10.1. The summed E-state index contributed by atoms with van der Waals surface area (Å²) in [6.45, 7) is 3.83. The number of aryl methyl sites for hydroxylation is 1. The Hall–Kier alpha value is -2.31. The molecule has 3 aromatic rings. The summed E-state index contributed by atoms with van der Waals surface area (Å²) >= 11 is 7.58. The highest BCUT2D eigenvalue weighted by Crippen LogP contribution is 2.22. The maximum atomic E-state index is 12.2. The number of hydrogen-bond donors (Lipinski definition) is 1. The van der Waals surface area contributed by atoms with E-state index in [4.69, 9.17) is 11.6 Å². The first-order chi connectivity index (χ1) is 12.9. The van der Waals surface area contributed by atoms with Gasteiger partial charge in [0.1, 0.15) is 5.65 Å². The second kappa shape index (κ2) is 8.59. The van der Waals surface area contributed by atoms with Crippen LogP contribution in [0.3, 0.4) is 0 Å². The molecule has 1 N–H and O–H groups in total. The van der Waals surface area contributed by atoms with Crippen molar-refractivity contribution < 1.29 is 4.79 Å². The van der Waals surface area contributed by atoms with E-state index in [1.165, 1.54) is 22.2 Å². The highest BCUT2D eigenvalue weighted by atomic mass is 35.5. The van der Waals surface area contributed by atoms with Gasteiger partial charge in [-0.05, 0) is 37.1 Å². The number of thioether (sulfide) groups is 1. The minimum atomic E-state index is -0.168. The molecule has 0 fully saturated rings. The van der Waals surface area contributed by atoms with Crippen molar-refractivity contribution in [3.63, 3.8) is 0 Å². The number of pyridine rings is 1. The fourth-order valence-corrected chi connectivity index (χ4v) is 3.79. The predicted molar refractivity (Wildman–Crippen MR) is 110 cm³/mol. The molecule has 140 valence electrons. The molecule has 1 aromatic carbocycles. The number of aromatic nitrogens is 2. The number of nitrogens with zero attached hydrogens (tertiary/aromatic N) is 2. The first-order valence-corrected chi connectivity index (χ1v) is 10.1. The van der Waals surface area contributed by atoms with Crippen LogP contribution in [-0.2, 0) is 10.5 Å². The van der Waals surface area contributed by atoms with Gasteiger partial charge in [-0.15, -0.1) is 11.8 Å². The molecule has 0 aliphatic heterocycles. The number of fused-ring (bicyclic) bond motifs is 1. The van der Waals surface area contributed by atoms with E-state index in [1.54, 1.807) is 12.3 Å². The van der Waals surface area contributed by atoms with E-state index >= 15 is 0 Å². The molecule has 0 spiro atoms. The smallest absolute Gasteiger partial charge is 0.258 e. The second-order valence-corrected chi connectivity index (χ2v) is 7.72. The van der Waals surface area contributed by atoms with Gasteiger partial charge in [0, 0.05) is 23.0 Å². The molecule has 0 aliphatic rings. The first kappa shape index (κ1) is 19.5. The van der Waals surface area contributed by atoms with E-state index in [9.17, 15) is 9.59 Å². The maximum absolute atomic E-state index is 12.2. The van der Waals surface area contributed by atoms with Gasteiger partial charge in [0.05, 0.1) is 17.5 Å². The van der Waals surface area contributed by atoms with Gasteiger partial charge >= 0.3 is 0 Å². The monoisotopic (exact) mass is 401 g/mol. The average molecular weight is 402 g/mol. The fraction of sp³-hybridized carbons (Fsp3) is 0.250. The number of halogens is 1. The van der Waals surface area contributed by atoms with Crippen LogP contribution in [0.4, 0.5) is 0 Å². The molecule has 0 radical (unpaired) electrons. The van der Waals surface area contributed by atoms with Crippen LogP contribution in [0.1, 0.15) is 29.8 Å². The lowest BCUT2D eigenvalue weighted by Gasteiger charge is -2.15. The summed E-state index contributed by atoms with van der Waals surface area (Å²) in [4.78, 5) is 28.9. The van der Waals surface area contributed by atoms with Gasteiger partial charge in [0.25, 0.3) is 5.56 Å². The zero-order valence-electron chi connectivity index (χ0n) is 15.1. The van der Waals surface area contributed by atoms with Gasteiger partial charge in [-0.3, -0.25) is 14.0 Å². The summed E-state index contributed by atoms with van der Waals surface area (Å²) in [6.07, 6.45) is 1.77. The number of rotatable bonds is 6. The molecule has 27 heavy (non-hydrogen) atoms. The second-order valence-electron chi connectivity index (χ2n) is 6.32. The molecule has 5 nitrogen and oxygen atoms in total. The molecule has 1 atom stereocenters. The van der Waals surface area contributed by atoms with Crippen molar-refractivity contribution in [2.24, 2.45) is 0 Å². The lowest BCUT2D eigenvalue weighted by Crippen LogP contribution is -2.28. The quantitative estimate of drug-likeness (QED) is 0.683. The van der Waals surface area contributed by atoms with Crippen LogP contribution in [0.15, 0.2) is 53.5 Å². The van der Waals surface area contributed by atoms with Crippen molar-refractivity contribution in [2.45, 2.75) is 25.6 Å². The Labute approximate surface area is 166 Å². The number of nitrogens with one attached hydrogen (secondary N) is 1. The Morgan fingerprint density at radius 2 is 2.07 bits per heavy atom. The molecule has 2 aromatic heterocycles. The van der Waals surface area contributed by atoms with E-state index in [0.29, 0.717) is 22.1 Å². The third-order valence-electron chi connectivity index (χ3n) is 4.09. The number of carbonyl (C=O) groups excluding carboxylic acids is 1. The van der Waals surface area contributed by atoms with Crippen molar-refractivity contribution in [1.29, 1.82) is 0 Å². The van der Waals surface area contributed by atoms with Crippen molar-refractivity contribution in [1.82, 2.24) is 14.7 Å². The molecule has 7 heteroatoms. The summed E-state index contributed by atoms with van der Waals surface area (Å²) in [5.41, 5.74) is 3.05. The van der Waals surface area contributed by atoms with E-state index in [2.05, 4.69) is 10.3 Å². The van der Waals surface area contributed by atoms with Crippen molar-refractivity contribution in [3.8, 4) is 0 Å². The van der Waals surface area contributed by atoms with Crippen molar-refractivity contribution in [2.75, 3.05) is 5.75 Å². The Bertz CT molecular complexity index is 1040. The van der Waals surface area contributed by atoms with Crippen molar-refractivity contribution in [3.05, 3.63) is 80.9 Å². The SMILES string of the molecule is Cc1ccc2nc(CSCC(=O)N[C@H](C)c3ccccc3Cl)cc(=O)n2c1. The molecule has 0 aliphatic carbocycles. The molecule has 0 saturated heterocycles. The van der Waals surface area contributed by atoms with Crippen LogP contribution >= 0.6 is 23.4 Å². The summed E-state index contributed by atoms with van der Waals surface area (Å²) in [6, 6.07) is 12.5. The average Bonchev–Trinajstić information content (AvgIpc) is 2.62. The Kier molecular flexibility index (Phi) is 6.19. The van der Waals surface area contributed by atoms with Crippen LogP contribution in [0.2, 0.25) is 5.02 Å². The summed E-state index contributed by atoms with van der Waals surface area (Å²) in [5.74, 6) is 0.692. The molecule has 0 saturated carbocycles. The summed E-state index contributed by atoms with van der Waals surface area (Å²) < 4.78 is 1.53. The third-order valence-corrected chi connectivity index (χ3v) is 5.40. The first-order valence-electron chi connectivity index (χ1n) is 8.54. The van der Waals surface area contributed by atoms with Gasteiger partial charge in [-0.2, -0.15) is 0 Å². The Balaban J connectivity index is 1.57. The molecular weight excluding hydrogens is 382 g/mol. The van der Waals surface area contributed by atoms with Crippen LogP contribution in [0.25, 0.3) is 5.65 Å². The fourth-order valence-electron chi connectivity index (χ4n) is 2.77. The topological polar surface area (TPSA) is 63.5 Å². The Morgan fingerprint density at radius 1 is 1.30 bits per heavy atom. The van der Waals surface area contributed by atoms with E-state index in [0.717, 1.165) is 11.1 Å². The number of benzene rings is 1. The van der Waals surface area contributed by atoms with Crippen LogP contribution < -0.4 is 10.9 Å². The maximum Gasteiger partial charge on any atom is 0.258 e. The van der Waals surface area contributed by atoms with Gasteiger partial charge in [0.2, 0.25) is 5.91 Å². The van der Waals surface area contributed by atoms with Gasteiger partial charge in [-0.25, -0.2) is 4.98 Å². The van der Waals surface area contributed by atoms with E-state index < -0.39 is 0 Å². The normalized spacial score (nSPS) is 12.1. The van der Waals surface area contributed by atoms with Crippen molar-refractivity contribution >= 4 is 34.9 Å². The lowest BCUT2D eigenvalue weighted by molar-refractivity contribution is -0.119. The third kappa shape index (κ3) is 4.90. The molecular formula is C20H20ClN3O2S. The minimum Gasteiger partial charge on any atom is -0.349 e. The zero-order valence-corrected chi connectivity index (χ0v) is 16.7. The van der Waals surface area contributed by atoms with Crippen LogP contribution in [-0.4, -0.2) is 21.0 Å². The molecule has 3 rings (SSSR count). The number of carbonyl (C=O) groups is 1. The van der Waals surface area contributed by atoms with Crippen LogP contribution in [0.5, 0.6) is 0 Å². The summed E-state index contributed by atoms with van der Waals surface area (Å²) in [5, 5.41) is 3.57. The number of hydrogen-bond acceptors (Lipinski definition) is 4. The highest BCUT2D eigenvalue weighted by molar-refractivity contribution is 7.99. The molecule has 0 bridgehead atoms. The van der Waals surface area contributed by atoms with E-state index in [1.807, 2.05) is 44.2 Å². The molecule has 1 amide bonds. The van der Waals surface area contributed by atoms with Gasteiger partial charge < -0.3 is 5.32 Å². The highest BCUT2D eigenvalue weighted by Gasteiger charge is 2.12. The number of amides is 1. The standard InChI is InChI=1S/C20H20ClN3O2S/c1-13-7-8-18-23-15(9-20(26)24(18)10-13)11-27-12-19(25)22-14(2)16-5-3-4-6-17(16)21/h3-10,14H,11-12H2,1-2H3,(H,22,25)/t14-/m1/s1. The molecule has 0 unspecified atom stereocenters. The summed E-state index contributed by atoms with van der Waals surface area (Å²) in [7, 11) is 0. The Morgan fingerprint density at radius 3 is 2.85 bits per heavy atom. The van der Waals surface area contributed by atoms with Gasteiger partial charge in [0.15, 0.2) is 0 Å². The van der Waals surface area contributed by atoms with Crippen LogP contribution in [0, 0.1) is 6.92 Å². The molecule has 2 heterocycles. The van der Waals surface area contributed by atoms with E-state index in [-0.39, 0.29) is 23.3 Å². The predicted octanol–water partition coefficient (Wildman–Crippen LogP) is 3.77.